The van der Waals surface area contributed by atoms with Gasteiger partial charge in [0.25, 0.3) is 0 Å². The highest BCUT2D eigenvalue weighted by molar-refractivity contribution is 5.84. The summed E-state index contributed by atoms with van der Waals surface area (Å²) >= 11 is 0. The van der Waals surface area contributed by atoms with E-state index < -0.39 is 5.97 Å². The second kappa shape index (κ2) is 7.00. The Morgan fingerprint density at radius 3 is 2.52 bits per heavy atom. The van der Waals surface area contributed by atoms with Crippen molar-refractivity contribution in [1.82, 2.24) is 20.3 Å². The van der Waals surface area contributed by atoms with E-state index in [-0.39, 0.29) is 29.4 Å². The Morgan fingerprint density at radius 2 is 1.92 bits per heavy atom. The first-order valence-electron chi connectivity index (χ1n) is 8.15. The van der Waals surface area contributed by atoms with Crippen molar-refractivity contribution in [2.45, 2.75) is 37.6 Å². The standard InChI is InChI=1S/C17H19FN4O3/c18-13-5-3-12(4-6-13)17(7-1-2-8-17)11-19-15(23)10-22-9-14(16(24)25)20-21-22/h3-6,9H,1-2,7-8,10-11H2,(H,19,23)(H,24,25). The SMILES string of the molecule is O=C(Cn1cc(C(=O)O)nn1)NCC1(c2ccc(F)cc2)CCCC1. The van der Waals surface area contributed by atoms with Crippen molar-refractivity contribution in [1.29, 1.82) is 0 Å². The van der Waals surface area contributed by atoms with Gasteiger partial charge in [0.05, 0.1) is 6.20 Å². The zero-order chi connectivity index (χ0) is 17.9. The number of nitrogens with one attached hydrogen (secondary N) is 1. The largest absolute Gasteiger partial charge is 0.476 e. The lowest BCUT2D eigenvalue weighted by Gasteiger charge is -2.30. The second-order valence-electron chi connectivity index (χ2n) is 6.38. The van der Waals surface area contributed by atoms with E-state index in [1.54, 1.807) is 12.1 Å². The molecule has 132 valence electrons. The highest BCUT2D eigenvalue weighted by Crippen LogP contribution is 2.40. The van der Waals surface area contributed by atoms with Gasteiger partial charge in [0.1, 0.15) is 12.4 Å². The van der Waals surface area contributed by atoms with Crippen LogP contribution in [0.3, 0.4) is 0 Å². The maximum atomic E-state index is 13.2. The molecule has 0 spiro atoms. The third-order valence-electron chi connectivity index (χ3n) is 4.70. The van der Waals surface area contributed by atoms with Crippen molar-refractivity contribution in [3.8, 4) is 0 Å². The summed E-state index contributed by atoms with van der Waals surface area (Å²) in [4.78, 5) is 22.9. The molecule has 3 rings (SSSR count). The van der Waals surface area contributed by atoms with E-state index in [1.807, 2.05) is 0 Å². The summed E-state index contributed by atoms with van der Waals surface area (Å²) in [6.07, 6.45) is 5.22. The maximum Gasteiger partial charge on any atom is 0.358 e. The molecule has 0 bridgehead atoms. The molecule has 1 amide bonds. The lowest BCUT2D eigenvalue weighted by Crippen LogP contribution is -2.40. The number of carboxylic acids is 1. The smallest absolute Gasteiger partial charge is 0.358 e. The van der Waals surface area contributed by atoms with Gasteiger partial charge >= 0.3 is 5.97 Å². The molecule has 2 aromatic rings. The first-order chi connectivity index (χ1) is 12.0. The number of benzene rings is 1. The van der Waals surface area contributed by atoms with Gasteiger partial charge in [-0.05, 0) is 30.5 Å². The first-order valence-corrected chi connectivity index (χ1v) is 8.15. The van der Waals surface area contributed by atoms with E-state index >= 15 is 0 Å². The predicted molar refractivity (Wildman–Crippen MR) is 86.5 cm³/mol. The van der Waals surface area contributed by atoms with Crippen molar-refractivity contribution in [2.75, 3.05) is 6.54 Å². The van der Waals surface area contributed by atoms with Gasteiger partial charge in [-0.1, -0.05) is 30.2 Å². The zero-order valence-electron chi connectivity index (χ0n) is 13.6. The monoisotopic (exact) mass is 346 g/mol. The number of aromatic carboxylic acids is 1. The number of carbonyl (C=O) groups is 2. The van der Waals surface area contributed by atoms with Crippen LogP contribution in [-0.2, 0) is 16.8 Å². The lowest BCUT2D eigenvalue weighted by atomic mass is 9.79. The minimum absolute atomic E-state index is 0.0974. The fraction of sp³-hybridized carbons (Fsp3) is 0.412. The van der Waals surface area contributed by atoms with Gasteiger partial charge < -0.3 is 10.4 Å². The van der Waals surface area contributed by atoms with Gasteiger partial charge in [0.15, 0.2) is 5.69 Å². The van der Waals surface area contributed by atoms with Gasteiger partial charge in [-0.3, -0.25) is 4.79 Å². The molecule has 1 saturated carbocycles. The van der Waals surface area contributed by atoms with Crippen LogP contribution in [0.5, 0.6) is 0 Å². The average molecular weight is 346 g/mol. The van der Waals surface area contributed by atoms with E-state index in [0.29, 0.717) is 6.54 Å². The van der Waals surface area contributed by atoms with E-state index in [1.165, 1.54) is 23.0 Å². The number of carboxylic acid groups (broad SMARTS) is 1. The summed E-state index contributed by atoms with van der Waals surface area (Å²) in [6.45, 7) is 0.359. The number of hydrogen-bond donors (Lipinski definition) is 2. The molecule has 0 unspecified atom stereocenters. The fourth-order valence-corrected chi connectivity index (χ4v) is 3.37. The molecule has 1 fully saturated rings. The maximum absolute atomic E-state index is 13.2. The predicted octanol–water partition coefficient (Wildman–Crippen LogP) is 1.74. The van der Waals surface area contributed by atoms with Crippen LogP contribution in [0.4, 0.5) is 4.39 Å². The summed E-state index contributed by atoms with van der Waals surface area (Å²) in [6, 6.07) is 6.45. The van der Waals surface area contributed by atoms with E-state index in [0.717, 1.165) is 31.2 Å². The number of amides is 1. The molecular formula is C17H19FN4O3. The molecule has 25 heavy (non-hydrogen) atoms. The number of nitrogens with zero attached hydrogens (tertiary/aromatic N) is 3. The molecular weight excluding hydrogens is 327 g/mol. The minimum atomic E-state index is -1.19. The molecule has 1 heterocycles. The van der Waals surface area contributed by atoms with Crippen molar-refractivity contribution >= 4 is 11.9 Å². The zero-order valence-corrected chi connectivity index (χ0v) is 13.6. The Hall–Kier alpha value is -2.77. The summed E-state index contributed by atoms with van der Waals surface area (Å²) in [7, 11) is 0. The number of carbonyl (C=O) groups excluding carboxylic acids is 1. The molecule has 1 aliphatic carbocycles. The Bertz CT molecular complexity index is 766. The highest BCUT2D eigenvalue weighted by Gasteiger charge is 2.35. The van der Waals surface area contributed by atoms with E-state index in [2.05, 4.69) is 15.6 Å². The number of halogens is 1. The van der Waals surface area contributed by atoms with Gasteiger partial charge in [-0.25, -0.2) is 13.9 Å². The van der Waals surface area contributed by atoms with Crippen LogP contribution in [0, 0.1) is 5.82 Å². The average Bonchev–Trinajstić information content (AvgIpc) is 3.24. The van der Waals surface area contributed by atoms with Crippen LogP contribution in [-0.4, -0.2) is 38.5 Å². The van der Waals surface area contributed by atoms with Crippen LogP contribution in [0.15, 0.2) is 30.5 Å². The molecule has 1 aliphatic rings. The molecule has 7 nitrogen and oxygen atoms in total. The van der Waals surface area contributed by atoms with Crippen molar-refractivity contribution in [2.24, 2.45) is 0 Å². The minimum Gasteiger partial charge on any atom is -0.476 e. The molecule has 1 aromatic carbocycles. The summed E-state index contributed by atoms with van der Waals surface area (Å²) in [5.41, 5.74) is 0.643. The van der Waals surface area contributed by atoms with E-state index in [9.17, 15) is 14.0 Å². The second-order valence-corrected chi connectivity index (χ2v) is 6.38. The summed E-state index contributed by atoms with van der Waals surface area (Å²) < 4.78 is 14.4. The molecule has 0 aliphatic heterocycles. The lowest BCUT2D eigenvalue weighted by molar-refractivity contribution is -0.122. The van der Waals surface area contributed by atoms with E-state index in [4.69, 9.17) is 5.11 Å². The van der Waals surface area contributed by atoms with Crippen LogP contribution in [0.1, 0.15) is 41.7 Å². The fourth-order valence-electron chi connectivity index (χ4n) is 3.37. The van der Waals surface area contributed by atoms with Crippen molar-refractivity contribution < 1.29 is 19.1 Å². The van der Waals surface area contributed by atoms with Gasteiger partial charge in [-0.2, -0.15) is 0 Å². The summed E-state index contributed by atoms with van der Waals surface area (Å²) in [5.74, 6) is -1.73. The Balaban J connectivity index is 1.64. The Kier molecular flexibility index (Phi) is 4.78. The highest BCUT2D eigenvalue weighted by atomic mass is 19.1. The molecule has 0 saturated heterocycles. The van der Waals surface area contributed by atoms with Crippen LogP contribution < -0.4 is 5.32 Å². The Labute approximate surface area is 143 Å². The van der Waals surface area contributed by atoms with Crippen molar-refractivity contribution in [3.05, 3.63) is 47.5 Å². The molecule has 8 heteroatoms. The summed E-state index contributed by atoms with van der Waals surface area (Å²) in [5, 5.41) is 18.8. The Morgan fingerprint density at radius 1 is 1.24 bits per heavy atom. The third kappa shape index (κ3) is 3.84. The van der Waals surface area contributed by atoms with Crippen LogP contribution in [0.25, 0.3) is 0 Å². The van der Waals surface area contributed by atoms with Crippen molar-refractivity contribution in [3.63, 3.8) is 0 Å². The van der Waals surface area contributed by atoms with Gasteiger partial charge in [-0.15, -0.1) is 5.10 Å². The number of rotatable bonds is 6. The molecule has 0 radical (unpaired) electrons. The van der Waals surface area contributed by atoms with Crippen LogP contribution in [0.2, 0.25) is 0 Å². The van der Waals surface area contributed by atoms with Gasteiger partial charge in [0.2, 0.25) is 5.91 Å². The quantitative estimate of drug-likeness (QED) is 0.830. The van der Waals surface area contributed by atoms with Gasteiger partial charge in [0, 0.05) is 12.0 Å². The molecule has 0 atom stereocenters. The number of hydrogen-bond acceptors (Lipinski definition) is 4. The van der Waals surface area contributed by atoms with Crippen LogP contribution >= 0.6 is 0 Å². The molecule has 1 aromatic heterocycles. The number of aromatic nitrogens is 3. The topological polar surface area (TPSA) is 97.1 Å². The normalized spacial score (nSPS) is 15.9. The molecule has 2 N–H and O–H groups in total. The third-order valence-corrected chi connectivity index (χ3v) is 4.70. The first kappa shape index (κ1) is 17.1.